The van der Waals surface area contributed by atoms with E-state index >= 15 is 0 Å². The topological polar surface area (TPSA) is 87.7 Å². The molecule has 3 amide bonds. The lowest BCUT2D eigenvalue weighted by molar-refractivity contribution is -0.145. The Morgan fingerprint density at radius 2 is 1.53 bits per heavy atom. The summed E-state index contributed by atoms with van der Waals surface area (Å²) in [4.78, 5) is 42.0. The van der Waals surface area contributed by atoms with Crippen LogP contribution >= 0.6 is 0 Å². The molecule has 2 N–H and O–H groups in total. The van der Waals surface area contributed by atoms with E-state index < -0.39 is 23.8 Å². The van der Waals surface area contributed by atoms with Gasteiger partial charge in [-0.25, -0.2) is 4.79 Å². The molecule has 0 heterocycles. The van der Waals surface area contributed by atoms with E-state index in [-0.39, 0.29) is 29.8 Å². The number of carbonyl (C=O) groups excluding carboxylic acids is 3. The molecule has 7 nitrogen and oxygen atoms in total. The first-order valence-corrected chi connectivity index (χ1v) is 13.4. The lowest BCUT2D eigenvalue weighted by Gasteiger charge is -2.38. The summed E-state index contributed by atoms with van der Waals surface area (Å²) in [7, 11) is 0. The van der Waals surface area contributed by atoms with Crippen molar-refractivity contribution < 1.29 is 19.1 Å². The van der Waals surface area contributed by atoms with Crippen LogP contribution in [0.25, 0.3) is 0 Å². The molecule has 0 radical (unpaired) electrons. The standard InChI is InChI=1S/C29H49N3O4/c1-11-13-21(7)30-26(33)25(23-16-14-22(12-2)15-17-23)32(20(5)6)27(34)24(18-19(3)4)31-28(35)36-29(8,9)10/h14-17,19-21,24-25H,11-13,18H2,1-10H3,(H,30,33)(H,31,35). The van der Waals surface area contributed by atoms with Crippen molar-refractivity contribution in [2.24, 2.45) is 5.92 Å². The van der Waals surface area contributed by atoms with Crippen LogP contribution in [0, 0.1) is 5.92 Å². The Kier molecular flexibility index (Phi) is 12.4. The molecule has 0 aromatic heterocycles. The number of rotatable bonds is 12. The minimum absolute atomic E-state index is 0.0182. The highest BCUT2D eigenvalue weighted by Crippen LogP contribution is 2.27. The van der Waals surface area contributed by atoms with Gasteiger partial charge in [0, 0.05) is 12.1 Å². The van der Waals surface area contributed by atoms with Crippen LogP contribution in [0.1, 0.15) is 106 Å². The van der Waals surface area contributed by atoms with Gasteiger partial charge in [0.05, 0.1) is 0 Å². The summed E-state index contributed by atoms with van der Waals surface area (Å²) in [5, 5.41) is 5.89. The van der Waals surface area contributed by atoms with Gasteiger partial charge in [0.1, 0.15) is 17.7 Å². The summed E-state index contributed by atoms with van der Waals surface area (Å²) in [5.41, 5.74) is 1.21. The van der Waals surface area contributed by atoms with E-state index in [1.807, 2.05) is 58.9 Å². The first-order valence-electron chi connectivity index (χ1n) is 13.4. The SMILES string of the molecule is CCCC(C)NC(=O)C(c1ccc(CC)cc1)N(C(=O)C(CC(C)C)NC(=O)OC(C)(C)C)C(C)C. The van der Waals surface area contributed by atoms with Crippen molar-refractivity contribution in [2.75, 3.05) is 0 Å². The number of alkyl carbamates (subject to hydrolysis) is 1. The Bertz CT molecular complexity index is 843. The van der Waals surface area contributed by atoms with Crippen LogP contribution in [0.15, 0.2) is 24.3 Å². The Balaban J connectivity index is 3.46. The van der Waals surface area contributed by atoms with Crippen LogP contribution < -0.4 is 10.6 Å². The second kappa shape index (κ2) is 14.2. The third kappa shape index (κ3) is 10.2. The van der Waals surface area contributed by atoms with Crippen molar-refractivity contribution >= 4 is 17.9 Å². The third-order valence-corrected chi connectivity index (χ3v) is 5.85. The first kappa shape index (κ1) is 31.5. The number of aryl methyl sites for hydroxylation is 1. The number of nitrogens with zero attached hydrogens (tertiary/aromatic N) is 1. The molecule has 204 valence electrons. The lowest BCUT2D eigenvalue weighted by atomic mass is 9.96. The van der Waals surface area contributed by atoms with Gasteiger partial charge in [-0.2, -0.15) is 0 Å². The second-order valence-electron chi connectivity index (χ2n) is 11.4. The number of hydrogen-bond donors (Lipinski definition) is 2. The maximum absolute atomic E-state index is 14.1. The lowest BCUT2D eigenvalue weighted by Crippen LogP contribution is -2.55. The van der Waals surface area contributed by atoms with Crippen LogP contribution in [0.4, 0.5) is 4.79 Å². The van der Waals surface area contributed by atoms with Crippen LogP contribution in [-0.4, -0.2) is 46.5 Å². The zero-order valence-electron chi connectivity index (χ0n) is 24.1. The highest BCUT2D eigenvalue weighted by atomic mass is 16.6. The average Bonchev–Trinajstić information content (AvgIpc) is 2.74. The maximum Gasteiger partial charge on any atom is 0.408 e. The molecular weight excluding hydrogens is 454 g/mol. The van der Waals surface area contributed by atoms with Crippen molar-refractivity contribution in [3.05, 3.63) is 35.4 Å². The van der Waals surface area contributed by atoms with Crippen LogP contribution in [0.3, 0.4) is 0 Å². The highest BCUT2D eigenvalue weighted by Gasteiger charge is 2.38. The molecule has 1 aromatic rings. The van der Waals surface area contributed by atoms with Gasteiger partial charge in [0.25, 0.3) is 0 Å². The molecule has 0 fully saturated rings. The summed E-state index contributed by atoms with van der Waals surface area (Å²) < 4.78 is 5.44. The van der Waals surface area contributed by atoms with E-state index in [0.717, 1.165) is 30.4 Å². The number of ether oxygens (including phenoxy) is 1. The quantitative estimate of drug-likeness (QED) is 0.379. The smallest absolute Gasteiger partial charge is 0.408 e. The third-order valence-electron chi connectivity index (χ3n) is 5.85. The molecule has 1 aromatic carbocycles. The van der Waals surface area contributed by atoms with E-state index in [9.17, 15) is 14.4 Å². The van der Waals surface area contributed by atoms with Crippen molar-refractivity contribution in [2.45, 2.75) is 125 Å². The van der Waals surface area contributed by atoms with Gasteiger partial charge in [-0.3, -0.25) is 9.59 Å². The van der Waals surface area contributed by atoms with E-state index in [1.165, 1.54) is 0 Å². The molecule has 7 heteroatoms. The Morgan fingerprint density at radius 1 is 0.944 bits per heavy atom. The van der Waals surface area contributed by atoms with Gasteiger partial charge >= 0.3 is 6.09 Å². The molecule has 1 rings (SSSR count). The first-order chi connectivity index (χ1) is 16.7. The summed E-state index contributed by atoms with van der Waals surface area (Å²) in [6, 6.07) is 5.91. The monoisotopic (exact) mass is 503 g/mol. The van der Waals surface area contributed by atoms with Crippen molar-refractivity contribution in [3.63, 3.8) is 0 Å². The summed E-state index contributed by atoms with van der Waals surface area (Å²) in [6.45, 7) is 19.3. The van der Waals surface area contributed by atoms with Gasteiger partial charge in [0.15, 0.2) is 0 Å². The maximum atomic E-state index is 14.1. The largest absolute Gasteiger partial charge is 0.444 e. The number of benzene rings is 1. The fraction of sp³-hybridized carbons (Fsp3) is 0.690. The number of amides is 3. The predicted octanol–water partition coefficient (Wildman–Crippen LogP) is 5.77. The van der Waals surface area contributed by atoms with E-state index in [2.05, 4.69) is 24.5 Å². The van der Waals surface area contributed by atoms with Gasteiger partial charge < -0.3 is 20.3 Å². The summed E-state index contributed by atoms with van der Waals surface area (Å²) in [6.07, 6.45) is 2.46. The Morgan fingerprint density at radius 3 is 1.97 bits per heavy atom. The normalized spacial score (nSPS) is 14.2. The van der Waals surface area contributed by atoms with Crippen molar-refractivity contribution in [1.29, 1.82) is 0 Å². The Labute approximate surface area is 218 Å². The zero-order chi connectivity index (χ0) is 27.6. The van der Waals surface area contributed by atoms with Crippen molar-refractivity contribution in [1.82, 2.24) is 15.5 Å². The number of nitrogens with one attached hydrogen (secondary N) is 2. The second-order valence-corrected chi connectivity index (χ2v) is 11.4. The van der Waals surface area contributed by atoms with Gasteiger partial charge in [-0.15, -0.1) is 0 Å². The minimum Gasteiger partial charge on any atom is -0.444 e. The minimum atomic E-state index is -0.821. The number of hydrogen-bond acceptors (Lipinski definition) is 4. The molecule has 0 aliphatic heterocycles. The van der Waals surface area contributed by atoms with Crippen LogP contribution in [0.5, 0.6) is 0 Å². The van der Waals surface area contributed by atoms with Crippen LogP contribution in [-0.2, 0) is 20.7 Å². The molecule has 0 saturated carbocycles. The molecule has 3 atom stereocenters. The summed E-state index contributed by atoms with van der Waals surface area (Å²) in [5.74, 6) is -0.376. The molecular formula is C29H49N3O4. The van der Waals surface area contributed by atoms with Crippen LogP contribution in [0.2, 0.25) is 0 Å². The molecule has 0 bridgehead atoms. The molecule has 0 saturated heterocycles. The Hall–Kier alpha value is -2.57. The van der Waals surface area contributed by atoms with Gasteiger partial charge in [-0.05, 0) is 77.8 Å². The fourth-order valence-electron chi connectivity index (χ4n) is 4.20. The van der Waals surface area contributed by atoms with E-state index in [0.29, 0.717) is 6.42 Å². The molecule has 0 aliphatic carbocycles. The van der Waals surface area contributed by atoms with E-state index in [4.69, 9.17) is 4.74 Å². The molecule has 3 unspecified atom stereocenters. The molecule has 36 heavy (non-hydrogen) atoms. The van der Waals surface area contributed by atoms with E-state index in [1.54, 1.807) is 25.7 Å². The summed E-state index contributed by atoms with van der Waals surface area (Å²) >= 11 is 0. The zero-order valence-corrected chi connectivity index (χ0v) is 24.1. The number of carbonyl (C=O) groups is 3. The van der Waals surface area contributed by atoms with Gasteiger partial charge in [0.2, 0.25) is 11.8 Å². The fourth-order valence-corrected chi connectivity index (χ4v) is 4.20. The average molecular weight is 504 g/mol. The molecule has 0 spiro atoms. The van der Waals surface area contributed by atoms with Crippen molar-refractivity contribution in [3.8, 4) is 0 Å². The highest BCUT2D eigenvalue weighted by molar-refractivity contribution is 5.92. The van der Waals surface area contributed by atoms with Gasteiger partial charge in [-0.1, -0.05) is 58.4 Å². The predicted molar refractivity (Wildman–Crippen MR) is 146 cm³/mol. The molecule has 0 aliphatic rings.